The first-order chi connectivity index (χ1) is 22.3. The lowest BCUT2D eigenvalue weighted by Crippen LogP contribution is -2.00. The van der Waals surface area contributed by atoms with Crippen LogP contribution in [0.15, 0.2) is 156 Å². The number of hydrogen-bond acceptors (Lipinski definition) is 4. The molecule has 0 spiro atoms. The van der Waals surface area contributed by atoms with Crippen LogP contribution < -0.4 is 0 Å². The molecule has 210 valence electrons. The molecule has 0 N–H and O–H groups in total. The molecule has 0 fully saturated rings. The van der Waals surface area contributed by atoms with Crippen LogP contribution in [-0.4, -0.2) is 15.0 Å². The van der Waals surface area contributed by atoms with Crippen molar-refractivity contribution in [1.82, 2.24) is 15.0 Å². The predicted molar refractivity (Wildman–Crippen MR) is 184 cm³/mol. The number of fused-ring (bicyclic) bond motifs is 5. The van der Waals surface area contributed by atoms with Crippen LogP contribution in [0.4, 0.5) is 0 Å². The number of aromatic nitrogens is 3. The van der Waals surface area contributed by atoms with Crippen molar-refractivity contribution in [2.45, 2.75) is 0 Å². The van der Waals surface area contributed by atoms with Gasteiger partial charge in [0.05, 0.1) is 0 Å². The third kappa shape index (κ3) is 4.43. The molecule has 0 radical (unpaired) electrons. The van der Waals surface area contributed by atoms with Gasteiger partial charge < -0.3 is 4.42 Å². The number of furan rings is 1. The Labute approximate surface area is 259 Å². The summed E-state index contributed by atoms with van der Waals surface area (Å²) in [6.45, 7) is 0. The van der Waals surface area contributed by atoms with E-state index in [-0.39, 0.29) is 0 Å². The minimum Gasteiger partial charge on any atom is -0.456 e. The van der Waals surface area contributed by atoms with E-state index in [0.717, 1.165) is 49.4 Å². The highest BCUT2D eigenvalue weighted by Crippen LogP contribution is 2.35. The Kier molecular flexibility index (Phi) is 5.78. The normalized spacial score (nSPS) is 11.6. The lowest BCUT2D eigenvalue weighted by Gasteiger charge is -2.11. The van der Waals surface area contributed by atoms with Crippen molar-refractivity contribution in [1.29, 1.82) is 0 Å². The number of para-hydroxylation sites is 1. The molecule has 0 saturated heterocycles. The second-order valence-corrected chi connectivity index (χ2v) is 11.3. The van der Waals surface area contributed by atoms with E-state index in [1.165, 1.54) is 21.9 Å². The molecule has 45 heavy (non-hydrogen) atoms. The van der Waals surface area contributed by atoms with Crippen molar-refractivity contribution in [3.63, 3.8) is 0 Å². The molecule has 2 aromatic heterocycles. The topological polar surface area (TPSA) is 51.8 Å². The molecule has 0 atom stereocenters. The van der Waals surface area contributed by atoms with Crippen LogP contribution in [0.2, 0.25) is 0 Å². The lowest BCUT2D eigenvalue weighted by molar-refractivity contribution is 0.669. The van der Waals surface area contributed by atoms with Gasteiger partial charge in [0.2, 0.25) is 0 Å². The van der Waals surface area contributed by atoms with E-state index in [1.54, 1.807) is 0 Å². The molecule has 0 bridgehead atoms. The first kappa shape index (κ1) is 25.4. The van der Waals surface area contributed by atoms with Crippen LogP contribution in [-0.2, 0) is 0 Å². The van der Waals surface area contributed by atoms with Gasteiger partial charge in [-0.05, 0) is 63.0 Å². The summed E-state index contributed by atoms with van der Waals surface area (Å²) in [6, 6.07) is 52.4. The third-order valence-electron chi connectivity index (χ3n) is 8.51. The van der Waals surface area contributed by atoms with Crippen molar-refractivity contribution >= 4 is 43.5 Å². The Morgan fingerprint density at radius 1 is 0.333 bits per heavy atom. The van der Waals surface area contributed by atoms with Crippen LogP contribution in [0.1, 0.15) is 0 Å². The Morgan fingerprint density at radius 3 is 1.82 bits per heavy atom. The monoisotopic (exact) mass is 575 g/mol. The minimum absolute atomic E-state index is 0.601. The maximum absolute atomic E-state index is 6.20. The predicted octanol–water partition coefficient (Wildman–Crippen LogP) is 10.7. The van der Waals surface area contributed by atoms with Crippen molar-refractivity contribution in [2.24, 2.45) is 0 Å². The molecule has 9 aromatic rings. The first-order valence-corrected chi connectivity index (χ1v) is 15.0. The molecule has 0 amide bonds. The quantitative estimate of drug-likeness (QED) is 0.209. The fraction of sp³-hybridized carbons (Fsp3) is 0. The second kappa shape index (κ2) is 10.2. The van der Waals surface area contributed by atoms with Gasteiger partial charge in [-0.15, -0.1) is 0 Å². The van der Waals surface area contributed by atoms with Gasteiger partial charge in [-0.2, -0.15) is 0 Å². The van der Waals surface area contributed by atoms with Crippen LogP contribution in [0.3, 0.4) is 0 Å². The van der Waals surface area contributed by atoms with E-state index < -0.39 is 0 Å². The largest absolute Gasteiger partial charge is 0.456 e. The maximum Gasteiger partial charge on any atom is 0.164 e. The molecule has 4 heteroatoms. The van der Waals surface area contributed by atoms with Gasteiger partial charge in [0.1, 0.15) is 11.2 Å². The molecule has 2 heterocycles. The highest BCUT2D eigenvalue weighted by molar-refractivity contribution is 6.06. The Morgan fingerprint density at radius 2 is 0.956 bits per heavy atom. The van der Waals surface area contributed by atoms with E-state index >= 15 is 0 Å². The minimum atomic E-state index is 0.601. The summed E-state index contributed by atoms with van der Waals surface area (Å²) >= 11 is 0. The molecule has 0 aliphatic carbocycles. The van der Waals surface area contributed by atoms with Gasteiger partial charge in [0.25, 0.3) is 0 Å². The van der Waals surface area contributed by atoms with E-state index in [2.05, 4.69) is 97.1 Å². The Balaban J connectivity index is 1.22. The summed E-state index contributed by atoms with van der Waals surface area (Å²) in [7, 11) is 0. The third-order valence-corrected chi connectivity index (χ3v) is 8.51. The SMILES string of the molecule is c1ccc(-c2nc(-c3ccc4c(c3)oc3ccccc34)nc(-c3ccc4cccc(-c5ccc6ccccc6c5)c4c3)n2)cc1. The second-order valence-electron chi connectivity index (χ2n) is 11.3. The smallest absolute Gasteiger partial charge is 0.164 e. The zero-order valence-corrected chi connectivity index (χ0v) is 24.2. The highest BCUT2D eigenvalue weighted by Gasteiger charge is 2.15. The fourth-order valence-corrected chi connectivity index (χ4v) is 6.24. The number of benzene rings is 7. The van der Waals surface area contributed by atoms with Crippen LogP contribution in [0.5, 0.6) is 0 Å². The average molecular weight is 576 g/mol. The van der Waals surface area contributed by atoms with E-state index in [1.807, 2.05) is 54.6 Å². The van der Waals surface area contributed by atoms with Crippen molar-refractivity contribution in [3.05, 3.63) is 152 Å². The fourth-order valence-electron chi connectivity index (χ4n) is 6.24. The highest BCUT2D eigenvalue weighted by atomic mass is 16.3. The van der Waals surface area contributed by atoms with E-state index in [0.29, 0.717) is 17.5 Å². The summed E-state index contributed by atoms with van der Waals surface area (Å²) in [6.07, 6.45) is 0. The van der Waals surface area contributed by atoms with Gasteiger partial charge in [-0.1, -0.05) is 121 Å². The first-order valence-electron chi connectivity index (χ1n) is 15.0. The molecule has 4 nitrogen and oxygen atoms in total. The summed E-state index contributed by atoms with van der Waals surface area (Å²) < 4.78 is 6.20. The van der Waals surface area contributed by atoms with Crippen molar-refractivity contribution < 1.29 is 4.42 Å². The van der Waals surface area contributed by atoms with E-state index in [9.17, 15) is 0 Å². The van der Waals surface area contributed by atoms with E-state index in [4.69, 9.17) is 19.4 Å². The number of rotatable bonds is 4. The van der Waals surface area contributed by atoms with Gasteiger partial charge >= 0.3 is 0 Å². The molecule has 0 aliphatic rings. The van der Waals surface area contributed by atoms with Gasteiger partial charge in [0, 0.05) is 27.5 Å². The molecule has 0 saturated carbocycles. The van der Waals surface area contributed by atoms with Crippen molar-refractivity contribution in [2.75, 3.05) is 0 Å². The molecular formula is C41H25N3O. The van der Waals surface area contributed by atoms with Gasteiger partial charge in [0.15, 0.2) is 17.5 Å². The van der Waals surface area contributed by atoms with Crippen LogP contribution >= 0.6 is 0 Å². The molecule has 7 aromatic carbocycles. The zero-order chi connectivity index (χ0) is 29.7. The molecular weight excluding hydrogens is 550 g/mol. The van der Waals surface area contributed by atoms with Crippen molar-refractivity contribution in [3.8, 4) is 45.3 Å². The van der Waals surface area contributed by atoms with Crippen LogP contribution in [0.25, 0.3) is 88.8 Å². The maximum atomic E-state index is 6.20. The molecule has 0 aliphatic heterocycles. The van der Waals surface area contributed by atoms with Crippen LogP contribution in [0, 0.1) is 0 Å². The number of nitrogens with zero attached hydrogens (tertiary/aromatic N) is 3. The molecule has 0 unspecified atom stereocenters. The lowest BCUT2D eigenvalue weighted by atomic mass is 9.95. The summed E-state index contributed by atoms with van der Waals surface area (Å²) in [5.41, 5.74) is 6.77. The Hall–Kier alpha value is -6.13. The number of hydrogen-bond donors (Lipinski definition) is 0. The summed E-state index contributed by atoms with van der Waals surface area (Å²) in [5.74, 6) is 1.85. The average Bonchev–Trinajstić information content (AvgIpc) is 3.49. The van der Waals surface area contributed by atoms with Gasteiger partial charge in [-0.3, -0.25) is 0 Å². The standard InChI is InChI=1S/C41H25N3O/c1-2-10-28(11-3-1)39-42-40(44-41(43-39)32-21-22-35-34-14-6-7-16-37(34)45-38(35)25-32)31-20-18-27-13-8-15-33(36(27)24-31)30-19-17-26-9-4-5-12-29(26)23-30/h1-25H. The summed E-state index contributed by atoms with van der Waals surface area (Å²) in [4.78, 5) is 15.0. The van der Waals surface area contributed by atoms with Gasteiger partial charge in [-0.25, -0.2) is 15.0 Å². The zero-order valence-electron chi connectivity index (χ0n) is 24.2. The Bertz CT molecular complexity index is 2550. The summed E-state index contributed by atoms with van der Waals surface area (Å²) in [5, 5.41) is 6.93. The molecule has 9 rings (SSSR count).